The van der Waals surface area contributed by atoms with Gasteiger partial charge in [0.25, 0.3) is 0 Å². The molecular weight excluding hydrogens is 196 g/mol. The fraction of sp³-hybridized carbons (Fsp3) is 0.900. The Labute approximate surface area is 89.1 Å². The van der Waals surface area contributed by atoms with Crippen LogP contribution in [0.2, 0.25) is 0 Å². The van der Waals surface area contributed by atoms with E-state index in [0.717, 1.165) is 6.54 Å². The number of carbonyl (C=O) groups is 1. The smallest absolute Gasteiger partial charge is 0.227 e. The maximum absolute atomic E-state index is 12.0. The van der Waals surface area contributed by atoms with E-state index in [1.165, 1.54) is 0 Å². The molecule has 15 heavy (non-hydrogen) atoms. The Hall–Kier alpha value is -0.650. The highest BCUT2D eigenvalue weighted by molar-refractivity contribution is 5.80. The van der Waals surface area contributed by atoms with Gasteiger partial charge in [-0.2, -0.15) is 0 Å². The molecular formula is C10H18N2O3. The number of nitrogens with zero attached hydrogens (tertiary/aromatic N) is 1. The topological polar surface area (TPSA) is 72.8 Å². The fourth-order valence-electron chi connectivity index (χ4n) is 2.32. The molecule has 0 bridgehead atoms. The van der Waals surface area contributed by atoms with Gasteiger partial charge in [-0.1, -0.05) is 6.92 Å². The van der Waals surface area contributed by atoms with Gasteiger partial charge >= 0.3 is 0 Å². The molecule has 0 unspecified atom stereocenters. The number of carbonyl (C=O) groups excluding carboxylic acids is 1. The van der Waals surface area contributed by atoms with E-state index in [9.17, 15) is 15.0 Å². The zero-order chi connectivity index (χ0) is 11.0. The molecule has 0 aromatic heterocycles. The summed E-state index contributed by atoms with van der Waals surface area (Å²) >= 11 is 0. The Kier molecular flexibility index (Phi) is 2.95. The molecule has 2 saturated heterocycles. The lowest BCUT2D eigenvalue weighted by Crippen LogP contribution is -2.38. The first-order chi connectivity index (χ1) is 7.09. The molecule has 86 valence electrons. The van der Waals surface area contributed by atoms with E-state index >= 15 is 0 Å². The molecule has 2 heterocycles. The zero-order valence-corrected chi connectivity index (χ0v) is 8.89. The van der Waals surface area contributed by atoms with Gasteiger partial charge in [0.2, 0.25) is 5.91 Å². The maximum atomic E-state index is 12.0. The van der Waals surface area contributed by atoms with Gasteiger partial charge in [-0.05, 0) is 12.5 Å². The second-order valence-corrected chi connectivity index (χ2v) is 4.62. The van der Waals surface area contributed by atoms with Gasteiger partial charge in [-0.15, -0.1) is 0 Å². The van der Waals surface area contributed by atoms with Crippen LogP contribution in [0.1, 0.15) is 6.92 Å². The number of rotatable bonds is 1. The number of nitrogens with one attached hydrogen (secondary N) is 1. The van der Waals surface area contributed by atoms with Gasteiger partial charge in [0.1, 0.15) is 0 Å². The predicted molar refractivity (Wildman–Crippen MR) is 54.1 cm³/mol. The van der Waals surface area contributed by atoms with Crippen molar-refractivity contribution in [1.29, 1.82) is 0 Å². The number of hydrogen-bond acceptors (Lipinski definition) is 4. The minimum absolute atomic E-state index is 0.00231. The molecule has 0 aromatic carbocycles. The van der Waals surface area contributed by atoms with Crippen LogP contribution in [-0.4, -0.2) is 59.4 Å². The number of aliphatic hydroxyl groups is 2. The van der Waals surface area contributed by atoms with Crippen LogP contribution in [0.3, 0.4) is 0 Å². The van der Waals surface area contributed by atoms with Crippen LogP contribution in [0.5, 0.6) is 0 Å². The van der Waals surface area contributed by atoms with Crippen LogP contribution in [0.15, 0.2) is 0 Å². The summed E-state index contributed by atoms with van der Waals surface area (Å²) in [4.78, 5) is 13.6. The Bertz CT molecular complexity index is 249. The molecule has 5 heteroatoms. The second-order valence-electron chi connectivity index (χ2n) is 4.62. The van der Waals surface area contributed by atoms with Gasteiger partial charge in [0.15, 0.2) is 0 Å². The van der Waals surface area contributed by atoms with Crippen molar-refractivity contribution < 1.29 is 15.0 Å². The second kappa shape index (κ2) is 4.08. The van der Waals surface area contributed by atoms with Crippen molar-refractivity contribution >= 4 is 5.91 Å². The van der Waals surface area contributed by atoms with E-state index in [-0.39, 0.29) is 24.9 Å². The highest BCUT2D eigenvalue weighted by Gasteiger charge is 2.38. The van der Waals surface area contributed by atoms with Crippen molar-refractivity contribution in [1.82, 2.24) is 10.2 Å². The first kappa shape index (κ1) is 10.9. The first-order valence-corrected chi connectivity index (χ1v) is 5.45. The summed E-state index contributed by atoms with van der Waals surface area (Å²) in [6.07, 6.45) is -1.56. The first-order valence-electron chi connectivity index (χ1n) is 5.45. The Morgan fingerprint density at radius 1 is 1.27 bits per heavy atom. The third-order valence-corrected chi connectivity index (χ3v) is 3.41. The minimum atomic E-state index is -0.779. The summed E-state index contributed by atoms with van der Waals surface area (Å²) in [5.41, 5.74) is 0. The molecule has 4 atom stereocenters. The van der Waals surface area contributed by atoms with Crippen LogP contribution in [0.4, 0.5) is 0 Å². The minimum Gasteiger partial charge on any atom is -0.388 e. The molecule has 3 N–H and O–H groups in total. The summed E-state index contributed by atoms with van der Waals surface area (Å²) in [5, 5.41) is 21.9. The number of amides is 1. The molecule has 0 spiro atoms. The summed E-state index contributed by atoms with van der Waals surface area (Å²) in [6.45, 7) is 4.16. The third-order valence-electron chi connectivity index (χ3n) is 3.41. The Morgan fingerprint density at radius 3 is 2.33 bits per heavy atom. The summed E-state index contributed by atoms with van der Waals surface area (Å²) in [7, 11) is 0. The molecule has 5 nitrogen and oxygen atoms in total. The van der Waals surface area contributed by atoms with Crippen LogP contribution in [0.25, 0.3) is 0 Å². The SMILES string of the molecule is C[C@@H]1CNC[C@H]1C(=O)N1C[C@@H](O)[C@@H](O)C1. The van der Waals surface area contributed by atoms with Crippen molar-refractivity contribution in [2.45, 2.75) is 19.1 Å². The fourth-order valence-corrected chi connectivity index (χ4v) is 2.32. The molecule has 1 amide bonds. The molecule has 0 aliphatic carbocycles. The number of likely N-dealkylation sites (tertiary alicyclic amines) is 1. The van der Waals surface area contributed by atoms with Crippen molar-refractivity contribution in [2.24, 2.45) is 11.8 Å². The zero-order valence-electron chi connectivity index (χ0n) is 8.89. The average molecular weight is 214 g/mol. The summed E-state index contributed by atoms with van der Waals surface area (Å²) in [6, 6.07) is 0. The number of hydrogen-bond donors (Lipinski definition) is 3. The molecule has 0 aromatic rings. The van der Waals surface area contributed by atoms with E-state index in [1.54, 1.807) is 4.90 Å². The highest BCUT2D eigenvalue weighted by atomic mass is 16.3. The molecule has 2 aliphatic heterocycles. The van der Waals surface area contributed by atoms with E-state index in [0.29, 0.717) is 12.5 Å². The Morgan fingerprint density at radius 2 is 1.87 bits per heavy atom. The lowest BCUT2D eigenvalue weighted by Gasteiger charge is -2.21. The van der Waals surface area contributed by atoms with Gasteiger partial charge < -0.3 is 20.4 Å². The molecule has 2 aliphatic rings. The standard InChI is InChI=1S/C10H18N2O3/c1-6-2-11-3-7(6)10(15)12-4-8(13)9(14)5-12/h6-9,11,13-14H,2-5H2,1H3/t6-,7-,8-,9+/m1/s1. The third kappa shape index (κ3) is 2.00. The Balaban J connectivity index is 1.97. The van der Waals surface area contributed by atoms with E-state index in [4.69, 9.17) is 0 Å². The predicted octanol–water partition coefficient (Wildman–Crippen LogP) is -1.59. The van der Waals surface area contributed by atoms with E-state index in [1.807, 2.05) is 6.92 Å². The van der Waals surface area contributed by atoms with Gasteiger partial charge in [0.05, 0.1) is 18.1 Å². The van der Waals surface area contributed by atoms with E-state index in [2.05, 4.69) is 5.32 Å². The summed E-state index contributed by atoms with van der Waals surface area (Å²) in [5.74, 6) is 0.401. The summed E-state index contributed by atoms with van der Waals surface area (Å²) < 4.78 is 0. The van der Waals surface area contributed by atoms with E-state index < -0.39 is 12.2 Å². The normalized spacial score (nSPS) is 41.1. The van der Waals surface area contributed by atoms with Gasteiger partial charge in [0, 0.05) is 19.6 Å². The highest BCUT2D eigenvalue weighted by Crippen LogP contribution is 2.21. The average Bonchev–Trinajstić information content (AvgIpc) is 2.74. The quantitative estimate of drug-likeness (QED) is 0.492. The van der Waals surface area contributed by atoms with Crippen LogP contribution < -0.4 is 5.32 Å². The molecule has 0 saturated carbocycles. The van der Waals surface area contributed by atoms with Gasteiger partial charge in [-0.25, -0.2) is 0 Å². The van der Waals surface area contributed by atoms with Crippen LogP contribution in [-0.2, 0) is 4.79 Å². The number of aliphatic hydroxyl groups excluding tert-OH is 2. The lowest BCUT2D eigenvalue weighted by atomic mass is 9.97. The van der Waals surface area contributed by atoms with Crippen molar-refractivity contribution in [3.63, 3.8) is 0 Å². The van der Waals surface area contributed by atoms with Crippen molar-refractivity contribution in [2.75, 3.05) is 26.2 Å². The molecule has 2 rings (SSSR count). The lowest BCUT2D eigenvalue weighted by molar-refractivity contribution is -0.135. The van der Waals surface area contributed by atoms with Gasteiger partial charge in [-0.3, -0.25) is 4.79 Å². The van der Waals surface area contributed by atoms with Crippen molar-refractivity contribution in [3.8, 4) is 0 Å². The molecule has 0 radical (unpaired) electrons. The largest absolute Gasteiger partial charge is 0.388 e. The van der Waals surface area contributed by atoms with Crippen LogP contribution >= 0.6 is 0 Å². The van der Waals surface area contributed by atoms with Crippen LogP contribution in [0, 0.1) is 11.8 Å². The van der Waals surface area contributed by atoms with Crippen molar-refractivity contribution in [3.05, 3.63) is 0 Å². The number of β-amino-alcohol motifs (C(OH)–C–C–N with tert-alkyl or cyclic N) is 2. The maximum Gasteiger partial charge on any atom is 0.227 e. The molecule has 2 fully saturated rings. The monoisotopic (exact) mass is 214 g/mol.